The maximum absolute atomic E-state index is 12.4. The van der Waals surface area contributed by atoms with Crippen LogP contribution in [0.2, 0.25) is 0 Å². The Morgan fingerprint density at radius 3 is 2.52 bits per heavy atom. The van der Waals surface area contributed by atoms with Crippen molar-refractivity contribution in [3.8, 4) is 0 Å². The molecule has 0 saturated carbocycles. The lowest BCUT2D eigenvalue weighted by Crippen LogP contribution is -2.43. The monoisotopic (exact) mass is 454 g/mol. The average molecular weight is 454 g/mol. The smallest absolute Gasteiger partial charge is 0.328 e. The van der Waals surface area contributed by atoms with E-state index < -0.39 is 22.8 Å². The molecule has 130 valence electrons. The van der Waals surface area contributed by atoms with Gasteiger partial charge >= 0.3 is 5.97 Å². The zero-order valence-electron chi connectivity index (χ0n) is 13.3. The molecule has 0 aromatic heterocycles. The molecule has 0 unspecified atom stereocenters. The standard InChI is InChI=1S/C17H15IN2O5/c1-25-17(22)15(9-11-5-7-13(18)8-6-11)19-16(21)12-3-2-4-14(10-12)20(23)24/h2-8,10,15H,9H2,1H3,(H,19,21)/t15-/m1/s1. The molecule has 1 amide bonds. The first-order chi connectivity index (χ1) is 11.9. The van der Waals surface area contributed by atoms with Crippen molar-refractivity contribution >= 4 is 40.2 Å². The van der Waals surface area contributed by atoms with Crippen LogP contribution in [0.15, 0.2) is 48.5 Å². The quantitative estimate of drug-likeness (QED) is 0.313. The number of methoxy groups -OCH3 is 1. The first-order valence-corrected chi connectivity index (χ1v) is 8.36. The number of halogens is 1. The second-order valence-electron chi connectivity index (χ2n) is 5.19. The van der Waals surface area contributed by atoms with Gasteiger partial charge in [-0.2, -0.15) is 0 Å². The van der Waals surface area contributed by atoms with E-state index in [-0.39, 0.29) is 17.7 Å². The Kier molecular flexibility index (Phi) is 6.45. The summed E-state index contributed by atoms with van der Waals surface area (Å²) in [6.07, 6.45) is 0.254. The zero-order valence-corrected chi connectivity index (χ0v) is 15.4. The van der Waals surface area contributed by atoms with E-state index in [1.807, 2.05) is 24.3 Å². The van der Waals surface area contributed by atoms with Gasteiger partial charge in [0.25, 0.3) is 11.6 Å². The molecular weight excluding hydrogens is 439 g/mol. The fourth-order valence-electron chi connectivity index (χ4n) is 2.19. The van der Waals surface area contributed by atoms with E-state index in [1.54, 1.807) is 0 Å². The Bertz CT molecular complexity index is 792. The Balaban J connectivity index is 2.17. The number of nitro benzene ring substituents is 1. The summed E-state index contributed by atoms with van der Waals surface area (Å²) in [6.45, 7) is 0. The first kappa shape index (κ1) is 18.8. The molecule has 2 aromatic rings. The van der Waals surface area contributed by atoms with E-state index in [0.717, 1.165) is 15.2 Å². The second kappa shape index (κ2) is 8.56. The Labute approximate surface area is 157 Å². The van der Waals surface area contributed by atoms with Gasteiger partial charge in [0.2, 0.25) is 0 Å². The third-order valence-corrected chi connectivity index (χ3v) is 4.18. The molecule has 1 atom stereocenters. The number of nitrogens with zero attached hydrogens (tertiary/aromatic N) is 1. The van der Waals surface area contributed by atoms with E-state index in [1.165, 1.54) is 25.3 Å². The van der Waals surface area contributed by atoms with E-state index in [9.17, 15) is 19.7 Å². The number of rotatable bonds is 6. The van der Waals surface area contributed by atoms with Gasteiger partial charge < -0.3 is 10.1 Å². The van der Waals surface area contributed by atoms with Gasteiger partial charge in [-0.3, -0.25) is 14.9 Å². The highest BCUT2D eigenvalue weighted by molar-refractivity contribution is 14.1. The molecule has 0 bridgehead atoms. The van der Waals surface area contributed by atoms with Crippen LogP contribution in [0, 0.1) is 13.7 Å². The maximum Gasteiger partial charge on any atom is 0.328 e. The molecule has 7 nitrogen and oxygen atoms in total. The fraction of sp³-hybridized carbons (Fsp3) is 0.176. The van der Waals surface area contributed by atoms with Gasteiger partial charge in [-0.25, -0.2) is 4.79 Å². The van der Waals surface area contributed by atoms with Gasteiger partial charge in [0, 0.05) is 27.7 Å². The van der Waals surface area contributed by atoms with E-state index >= 15 is 0 Å². The highest BCUT2D eigenvalue weighted by Gasteiger charge is 2.23. The number of nitrogens with one attached hydrogen (secondary N) is 1. The summed E-state index contributed by atoms with van der Waals surface area (Å²) in [5.41, 5.74) is 0.765. The number of nitro groups is 1. The highest BCUT2D eigenvalue weighted by Crippen LogP contribution is 2.14. The summed E-state index contributed by atoms with van der Waals surface area (Å²) in [6, 6.07) is 11.9. The molecule has 0 saturated heterocycles. The Morgan fingerprint density at radius 2 is 1.92 bits per heavy atom. The molecule has 1 N–H and O–H groups in total. The number of esters is 1. The van der Waals surface area contributed by atoms with Gasteiger partial charge in [0.1, 0.15) is 6.04 Å². The van der Waals surface area contributed by atoms with Crippen LogP contribution < -0.4 is 5.32 Å². The molecule has 0 aliphatic heterocycles. The normalized spacial score (nSPS) is 11.4. The van der Waals surface area contributed by atoms with Crippen LogP contribution in [0.25, 0.3) is 0 Å². The Morgan fingerprint density at radius 1 is 1.24 bits per heavy atom. The van der Waals surface area contributed by atoms with Crippen LogP contribution in [0.5, 0.6) is 0 Å². The van der Waals surface area contributed by atoms with E-state index in [4.69, 9.17) is 4.74 Å². The number of amides is 1. The van der Waals surface area contributed by atoms with E-state index in [2.05, 4.69) is 27.9 Å². The van der Waals surface area contributed by atoms with Crippen molar-refractivity contribution in [3.63, 3.8) is 0 Å². The number of hydrogen-bond donors (Lipinski definition) is 1. The maximum atomic E-state index is 12.4. The van der Waals surface area contributed by atoms with Crippen molar-refractivity contribution < 1.29 is 19.2 Å². The molecule has 2 rings (SSSR count). The molecule has 0 fully saturated rings. The number of carbonyl (C=O) groups is 2. The van der Waals surface area contributed by atoms with Crippen molar-refractivity contribution in [1.82, 2.24) is 5.32 Å². The summed E-state index contributed by atoms with van der Waals surface area (Å²) in [7, 11) is 1.24. The molecule has 25 heavy (non-hydrogen) atoms. The SMILES string of the molecule is COC(=O)[C@@H](Cc1ccc(I)cc1)NC(=O)c1cccc([N+](=O)[O-])c1. The minimum absolute atomic E-state index is 0.103. The van der Waals surface area contributed by atoms with Crippen molar-refractivity contribution in [3.05, 3.63) is 73.3 Å². The second-order valence-corrected chi connectivity index (χ2v) is 6.43. The third-order valence-electron chi connectivity index (χ3n) is 3.46. The summed E-state index contributed by atoms with van der Waals surface area (Å²) >= 11 is 2.17. The van der Waals surface area contributed by atoms with Crippen molar-refractivity contribution in [2.24, 2.45) is 0 Å². The molecule has 0 spiro atoms. The van der Waals surface area contributed by atoms with Crippen LogP contribution in [0.3, 0.4) is 0 Å². The lowest BCUT2D eigenvalue weighted by atomic mass is 10.1. The third kappa shape index (κ3) is 5.24. The largest absolute Gasteiger partial charge is 0.467 e. The number of benzene rings is 2. The topological polar surface area (TPSA) is 98.5 Å². The van der Waals surface area contributed by atoms with Crippen molar-refractivity contribution in [2.45, 2.75) is 12.5 Å². The molecular formula is C17H15IN2O5. The molecule has 0 aliphatic carbocycles. The lowest BCUT2D eigenvalue weighted by molar-refractivity contribution is -0.384. The summed E-state index contributed by atoms with van der Waals surface area (Å²) in [5.74, 6) is -1.16. The van der Waals surface area contributed by atoms with Crippen LogP contribution in [0.4, 0.5) is 5.69 Å². The van der Waals surface area contributed by atoms with Crippen molar-refractivity contribution in [1.29, 1.82) is 0 Å². The van der Waals surface area contributed by atoms with E-state index in [0.29, 0.717) is 0 Å². The van der Waals surface area contributed by atoms with Gasteiger partial charge in [0.05, 0.1) is 12.0 Å². The van der Waals surface area contributed by atoms with Gasteiger partial charge in [0.15, 0.2) is 0 Å². The van der Waals surface area contributed by atoms with Crippen LogP contribution in [0.1, 0.15) is 15.9 Å². The molecule has 0 radical (unpaired) electrons. The Hall–Kier alpha value is -2.49. The summed E-state index contributed by atoms with van der Waals surface area (Å²) in [5, 5.41) is 13.4. The molecule has 2 aromatic carbocycles. The van der Waals surface area contributed by atoms with Crippen LogP contribution in [-0.2, 0) is 16.0 Å². The molecule has 0 aliphatic rings. The zero-order chi connectivity index (χ0) is 18.4. The van der Waals surface area contributed by atoms with Gasteiger partial charge in [-0.05, 0) is 46.4 Å². The first-order valence-electron chi connectivity index (χ1n) is 7.28. The fourth-order valence-corrected chi connectivity index (χ4v) is 2.55. The minimum atomic E-state index is -0.892. The number of hydrogen-bond acceptors (Lipinski definition) is 5. The average Bonchev–Trinajstić information content (AvgIpc) is 2.62. The van der Waals surface area contributed by atoms with Gasteiger partial charge in [-0.15, -0.1) is 0 Å². The number of carbonyl (C=O) groups excluding carboxylic acids is 2. The summed E-state index contributed by atoms with van der Waals surface area (Å²) in [4.78, 5) is 34.6. The predicted octanol–water partition coefficient (Wildman–Crippen LogP) is 2.71. The number of ether oxygens (including phenoxy) is 1. The molecule has 0 heterocycles. The number of non-ortho nitro benzene ring substituents is 1. The summed E-state index contributed by atoms with van der Waals surface area (Å²) < 4.78 is 5.80. The van der Waals surface area contributed by atoms with Crippen LogP contribution in [-0.4, -0.2) is 30.0 Å². The minimum Gasteiger partial charge on any atom is -0.467 e. The predicted molar refractivity (Wildman–Crippen MR) is 99.2 cm³/mol. The molecule has 8 heteroatoms. The lowest BCUT2D eigenvalue weighted by Gasteiger charge is -2.16. The van der Waals surface area contributed by atoms with Crippen molar-refractivity contribution in [2.75, 3.05) is 7.11 Å². The highest BCUT2D eigenvalue weighted by atomic mass is 127. The van der Waals surface area contributed by atoms with Gasteiger partial charge in [-0.1, -0.05) is 18.2 Å². The van der Waals surface area contributed by atoms with Crippen LogP contribution >= 0.6 is 22.6 Å².